The van der Waals surface area contributed by atoms with Gasteiger partial charge in [-0.2, -0.15) is 0 Å². The van der Waals surface area contributed by atoms with Crippen molar-refractivity contribution in [2.45, 2.75) is 19.6 Å². The average Bonchev–Trinajstić information content (AvgIpc) is 2.42. The zero-order chi connectivity index (χ0) is 12.8. The van der Waals surface area contributed by atoms with E-state index in [1.54, 1.807) is 12.1 Å². The minimum Gasteiger partial charge on any atom is -0.326 e. The highest BCUT2D eigenvalue weighted by Crippen LogP contribution is 2.05. The van der Waals surface area contributed by atoms with Crippen LogP contribution in [0.25, 0.3) is 0 Å². The number of hydrogen-bond acceptors (Lipinski definition) is 2. The van der Waals surface area contributed by atoms with Crippen LogP contribution in [-0.4, -0.2) is 0 Å². The summed E-state index contributed by atoms with van der Waals surface area (Å²) in [7, 11) is 0. The Kier molecular flexibility index (Phi) is 4.45. The van der Waals surface area contributed by atoms with Crippen molar-refractivity contribution < 1.29 is 4.39 Å². The minimum atomic E-state index is -0.198. The Morgan fingerprint density at radius 1 is 0.778 bits per heavy atom. The van der Waals surface area contributed by atoms with E-state index in [9.17, 15) is 4.39 Å². The standard InChI is InChI=1S/C15H17FN2/c16-15-7-5-14(6-8-15)11-18-10-13-3-1-12(9-17)2-4-13/h1-8,18H,9-11,17H2. The Bertz CT molecular complexity index is 477. The molecule has 0 radical (unpaired) electrons. The number of benzene rings is 2. The van der Waals surface area contributed by atoms with Gasteiger partial charge in [-0.15, -0.1) is 0 Å². The lowest BCUT2D eigenvalue weighted by molar-refractivity contribution is 0.625. The number of nitrogens with one attached hydrogen (secondary N) is 1. The average molecular weight is 244 g/mol. The molecule has 2 nitrogen and oxygen atoms in total. The quantitative estimate of drug-likeness (QED) is 0.848. The second-order valence-corrected chi connectivity index (χ2v) is 4.25. The fourth-order valence-electron chi connectivity index (χ4n) is 1.75. The van der Waals surface area contributed by atoms with E-state index in [1.165, 1.54) is 17.7 Å². The Hall–Kier alpha value is -1.71. The van der Waals surface area contributed by atoms with Gasteiger partial charge < -0.3 is 11.1 Å². The molecule has 0 unspecified atom stereocenters. The summed E-state index contributed by atoms with van der Waals surface area (Å²) in [5, 5.41) is 3.32. The van der Waals surface area contributed by atoms with Gasteiger partial charge >= 0.3 is 0 Å². The first kappa shape index (κ1) is 12.7. The predicted octanol–water partition coefficient (Wildman–Crippen LogP) is 2.57. The van der Waals surface area contributed by atoms with Crippen LogP contribution < -0.4 is 11.1 Å². The number of hydrogen-bond donors (Lipinski definition) is 2. The second kappa shape index (κ2) is 6.28. The van der Waals surface area contributed by atoms with Gasteiger partial charge in [0.25, 0.3) is 0 Å². The molecule has 0 bridgehead atoms. The van der Waals surface area contributed by atoms with Crippen molar-refractivity contribution in [2.75, 3.05) is 0 Å². The zero-order valence-electron chi connectivity index (χ0n) is 10.2. The summed E-state index contributed by atoms with van der Waals surface area (Å²) in [6.07, 6.45) is 0. The van der Waals surface area contributed by atoms with E-state index >= 15 is 0 Å². The monoisotopic (exact) mass is 244 g/mol. The van der Waals surface area contributed by atoms with Gasteiger partial charge in [0.1, 0.15) is 5.82 Å². The molecule has 0 aliphatic rings. The van der Waals surface area contributed by atoms with E-state index in [4.69, 9.17) is 5.73 Å². The maximum absolute atomic E-state index is 12.7. The lowest BCUT2D eigenvalue weighted by Gasteiger charge is -2.06. The van der Waals surface area contributed by atoms with Crippen LogP contribution in [0.4, 0.5) is 4.39 Å². The van der Waals surface area contributed by atoms with Gasteiger partial charge in [-0.1, -0.05) is 36.4 Å². The molecule has 3 N–H and O–H groups in total. The van der Waals surface area contributed by atoms with Gasteiger partial charge in [0.2, 0.25) is 0 Å². The first-order chi connectivity index (χ1) is 8.78. The van der Waals surface area contributed by atoms with Crippen LogP contribution in [0, 0.1) is 5.82 Å². The highest BCUT2D eigenvalue weighted by molar-refractivity contribution is 5.22. The summed E-state index contributed by atoms with van der Waals surface area (Å²) in [5.41, 5.74) is 8.97. The third-order valence-electron chi connectivity index (χ3n) is 2.83. The number of nitrogens with two attached hydrogens (primary N) is 1. The summed E-state index contributed by atoms with van der Waals surface area (Å²) in [5.74, 6) is -0.198. The fourth-order valence-corrected chi connectivity index (χ4v) is 1.75. The van der Waals surface area contributed by atoms with Crippen LogP contribution in [0.15, 0.2) is 48.5 Å². The smallest absolute Gasteiger partial charge is 0.123 e. The molecule has 94 valence electrons. The highest BCUT2D eigenvalue weighted by atomic mass is 19.1. The number of halogens is 1. The summed E-state index contributed by atoms with van der Waals surface area (Å²) < 4.78 is 12.7. The third-order valence-corrected chi connectivity index (χ3v) is 2.83. The third kappa shape index (κ3) is 3.65. The molecule has 0 aliphatic heterocycles. The van der Waals surface area contributed by atoms with Crippen LogP contribution in [-0.2, 0) is 19.6 Å². The Morgan fingerprint density at radius 2 is 1.22 bits per heavy atom. The first-order valence-corrected chi connectivity index (χ1v) is 6.01. The van der Waals surface area contributed by atoms with Crippen LogP contribution in [0.2, 0.25) is 0 Å². The van der Waals surface area contributed by atoms with Gasteiger partial charge in [-0.25, -0.2) is 4.39 Å². The molecule has 3 heteroatoms. The van der Waals surface area contributed by atoms with Crippen molar-refractivity contribution in [2.24, 2.45) is 5.73 Å². The van der Waals surface area contributed by atoms with Crippen LogP contribution in [0.1, 0.15) is 16.7 Å². The van der Waals surface area contributed by atoms with Gasteiger partial charge in [-0.05, 0) is 28.8 Å². The zero-order valence-corrected chi connectivity index (χ0v) is 10.2. The van der Waals surface area contributed by atoms with Crippen molar-refractivity contribution in [1.82, 2.24) is 5.32 Å². The van der Waals surface area contributed by atoms with Crippen molar-refractivity contribution >= 4 is 0 Å². The Morgan fingerprint density at radius 3 is 1.72 bits per heavy atom. The molecular weight excluding hydrogens is 227 g/mol. The summed E-state index contributed by atoms with van der Waals surface area (Å²) in [4.78, 5) is 0. The molecule has 0 saturated heterocycles. The Labute approximate surface area is 107 Å². The van der Waals surface area contributed by atoms with E-state index in [-0.39, 0.29) is 5.82 Å². The molecule has 2 rings (SSSR count). The normalized spacial score (nSPS) is 10.6. The lowest BCUT2D eigenvalue weighted by Crippen LogP contribution is -2.12. The molecule has 0 fully saturated rings. The molecule has 0 spiro atoms. The molecule has 18 heavy (non-hydrogen) atoms. The summed E-state index contributed by atoms with van der Waals surface area (Å²) in [6.45, 7) is 2.10. The molecule has 0 aromatic heterocycles. The van der Waals surface area contributed by atoms with E-state index in [1.807, 2.05) is 12.1 Å². The lowest BCUT2D eigenvalue weighted by atomic mass is 10.1. The van der Waals surface area contributed by atoms with Gasteiger partial charge in [0.15, 0.2) is 0 Å². The fraction of sp³-hybridized carbons (Fsp3) is 0.200. The molecular formula is C15H17FN2. The molecule has 2 aromatic carbocycles. The maximum atomic E-state index is 12.7. The largest absolute Gasteiger partial charge is 0.326 e. The minimum absolute atomic E-state index is 0.198. The highest BCUT2D eigenvalue weighted by Gasteiger charge is 1.96. The van der Waals surface area contributed by atoms with E-state index in [2.05, 4.69) is 17.4 Å². The molecule has 0 amide bonds. The molecule has 0 atom stereocenters. The van der Waals surface area contributed by atoms with Crippen LogP contribution >= 0.6 is 0 Å². The molecule has 0 saturated carbocycles. The van der Waals surface area contributed by atoms with E-state index < -0.39 is 0 Å². The van der Waals surface area contributed by atoms with E-state index in [0.717, 1.165) is 24.2 Å². The van der Waals surface area contributed by atoms with Crippen LogP contribution in [0.5, 0.6) is 0 Å². The van der Waals surface area contributed by atoms with Gasteiger partial charge in [0.05, 0.1) is 0 Å². The van der Waals surface area contributed by atoms with Gasteiger partial charge in [-0.3, -0.25) is 0 Å². The molecule has 0 aliphatic carbocycles. The van der Waals surface area contributed by atoms with Crippen molar-refractivity contribution in [3.05, 3.63) is 71.0 Å². The molecule has 0 heterocycles. The molecule has 2 aromatic rings. The van der Waals surface area contributed by atoms with Crippen molar-refractivity contribution in [3.63, 3.8) is 0 Å². The van der Waals surface area contributed by atoms with Crippen molar-refractivity contribution in [1.29, 1.82) is 0 Å². The predicted molar refractivity (Wildman–Crippen MR) is 71.3 cm³/mol. The van der Waals surface area contributed by atoms with Crippen LogP contribution in [0.3, 0.4) is 0 Å². The van der Waals surface area contributed by atoms with Gasteiger partial charge in [0, 0.05) is 19.6 Å². The van der Waals surface area contributed by atoms with E-state index in [0.29, 0.717) is 6.54 Å². The summed E-state index contributed by atoms with van der Waals surface area (Å²) in [6, 6.07) is 14.8. The maximum Gasteiger partial charge on any atom is 0.123 e. The first-order valence-electron chi connectivity index (χ1n) is 6.01. The SMILES string of the molecule is NCc1ccc(CNCc2ccc(F)cc2)cc1. The Balaban J connectivity index is 1.82. The van der Waals surface area contributed by atoms with Crippen molar-refractivity contribution in [3.8, 4) is 0 Å². The number of rotatable bonds is 5. The summed E-state index contributed by atoms with van der Waals surface area (Å²) >= 11 is 0. The second-order valence-electron chi connectivity index (χ2n) is 4.25. The topological polar surface area (TPSA) is 38.0 Å².